The lowest BCUT2D eigenvalue weighted by atomic mass is 10.2. The molecule has 0 aliphatic carbocycles. The smallest absolute Gasteiger partial charge is 0.137 e. The minimum Gasteiger partial charge on any atom is -0.206 e. The summed E-state index contributed by atoms with van der Waals surface area (Å²) in [6.07, 6.45) is 0. The lowest BCUT2D eigenvalue weighted by Gasteiger charge is -2.17. The lowest BCUT2D eigenvalue weighted by molar-refractivity contribution is 0.619. The van der Waals surface area contributed by atoms with E-state index in [4.69, 9.17) is 0 Å². The van der Waals surface area contributed by atoms with Crippen molar-refractivity contribution in [1.29, 1.82) is 0 Å². The molecule has 0 spiro atoms. The van der Waals surface area contributed by atoms with Gasteiger partial charge in [0.1, 0.15) is 5.82 Å². The number of benzene rings is 1. The Morgan fingerprint density at radius 1 is 1.36 bits per heavy atom. The molecule has 0 aromatic heterocycles. The van der Waals surface area contributed by atoms with Crippen molar-refractivity contribution < 1.29 is 4.39 Å². The van der Waals surface area contributed by atoms with E-state index in [9.17, 15) is 4.39 Å². The molecule has 0 bridgehead atoms. The summed E-state index contributed by atoms with van der Waals surface area (Å²) < 4.78 is 14.0. The van der Waals surface area contributed by atoms with Crippen molar-refractivity contribution in [3.05, 3.63) is 34.1 Å². The van der Waals surface area contributed by atoms with Crippen LogP contribution in [0.2, 0.25) is 0 Å². The van der Waals surface area contributed by atoms with Gasteiger partial charge in [0.15, 0.2) is 0 Å². The average molecular weight is 277 g/mol. The Labute approximate surface area is 97.4 Å². The van der Waals surface area contributed by atoms with Crippen molar-refractivity contribution in [1.82, 2.24) is 0 Å². The third kappa shape index (κ3) is 3.62. The number of hydrogen-bond donors (Lipinski definition) is 0. The van der Waals surface area contributed by atoms with Gasteiger partial charge in [-0.25, -0.2) is 4.39 Å². The van der Waals surface area contributed by atoms with E-state index in [0.29, 0.717) is 4.47 Å². The Morgan fingerprint density at radius 3 is 2.57 bits per heavy atom. The highest BCUT2D eigenvalue weighted by Gasteiger charge is 2.12. The molecule has 0 amide bonds. The molecule has 0 aliphatic rings. The lowest BCUT2D eigenvalue weighted by Crippen LogP contribution is -2.07. The third-order valence-electron chi connectivity index (χ3n) is 1.69. The van der Waals surface area contributed by atoms with Crippen LogP contribution >= 0.6 is 27.7 Å². The summed E-state index contributed by atoms with van der Waals surface area (Å²) in [4.78, 5) is 0. The van der Waals surface area contributed by atoms with Crippen molar-refractivity contribution in [3.8, 4) is 0 Å². The van der Waals surface area contributed by atoms with Gasteiger partial charge in [-0.1, -0.05) is 32.9 Å². The molecule has 0 aliphatic heterocycles. The molecule has 1 aromatic rings. The molecule has 3 heteroatoms. The van der Waals surface area contributed by atoms with Gasteiger partial charge in [-0.15, -0.1) is 0 Å². The molecule has 78 valence electrons. The van der Waals surface area contributed by atoms with Crippen molar-refractivity contribution in [2.75, 3.05) is 0 Å². The van der Waals surface area contributed by atoms with Crippen LogP contribution in [0, 0.1) is 5.82 Å². The van der Waals surface area contributed by atoms with E-state index >= 15 is 0 Å². The van der Waals surface area contributed by atoms with Crippen LogP contribution in [0.25, 0.3) is 0 Å². The molecule has 14 heavy (non-hydrogen) atoms. The van der Waals surface area contributed by atoms with Crippen molar-refractivity contribution in [2.45, 2.75) is 31.3 Å². The quantitative estimate of drug-likeness (QED) is 0.760. The van der Waals surface area contributed by atoms with Crippen LogP contribution in [-0.4, -0.2) is 4.75 Å². The van der Waals surface area contributed by atoms with Crippen molar-refractivity contribution in [2.24, 2.45) is 0 Å². The molecule has 0 saturated heterocycles. The van der Waals surface area contributed by atoms with Crippen LogP contribution in [0.1, 0.15) is 26.3 Å². The van der Waals surface area contributed by atoms with E-state index < -0.39 is 0 Å². The highest BCUT2D eigenvalue weighted by Crippen LogP contribution is 2.30. The summed E-state index contributed by atoms with van der Waals surface area (Å²) in [6.45, 7) is 6.47. The molecule has 0 nitrogen and oxygen atoms in total. The van der Waals surface area contributed by atoms with E-state index in [-0.39, 0.29) is 10.6 Å². The Bertz CT molecular complexity index is 318. The Balaban J connectivity index is 2.73. The summed E-state index contributed by atoms with van der Waals surface area (Å²) in [5.41, 5.74) is 1.02. The van der Waals surface area contributed by atoms with E-state index in [1.165, 1.54) is 6.07 Å². The van der Waals surface area contributed by atoms with Gasteiger partial charge in [0.2, 0.25) is 0 Å². The molecule has 1 rings (SSSR count). The van der Waals surface area contributed by atoms with Crippen LogP contribution in [-0.2, 0) is 5.75 Å². The van der Waals surface area contributed by atoms with Gasteiger partial charge in [0.25, 0.3) is 0 Å². The third-order valence-corrected chi connectivity index (χ3v) is 3.90. The van der Waals surface area contributed by atoms with E-state index in [1.54, 1.807) is 6.07 Å². The van der Waals surface area contributed by atoms with Gasteiger partial charge in [0.05, 0.1) is 4.47 Å². The number of thioether (sulfide) groups is 1. The monoisotopic (exact) mass is 276 g/mol. The maximum absolute atomic E-state index is 13.1. The number of rotatable bonds is 2. The van der Waals surface area contributed by atoms with Gasteiger partial charge in [-0.05, 0) is 27.6 Å². The maximum Gasteiger partial charge on any atom is 0.137 e. The average Bonchev–Trinajstić information content (AvgIpc) is 2.06. The molecule has 1 aromatic carbocycles. The normalized spacial score (nSPS) is 11.8. The first-order valence-corrected chi connectivity index (χ1v) is 6.25. The van der Waals surface area contributed by atoms with Gasteiger partial charge >= 0.3 is 0 Å². The van der Waals surface area contributed by atoms with Gasteiger partial charge in [0, 0.05) is 10.5 Å². The Kier molecular flexibility index (Phi) is 4.02. The predicted molar refractivity (Wildman–Crippen MR) is 65.1 cm³/mol. The zero-order valence-corrected chi connectivity index (χ0v) is 11.0. The van der Waals surface area contributed by atoms with Crippen molar-refractivity contribution >= 4 is 27.7 Å². The fraction of sp³-hybridized carbons (Fsp3) is 0.455. The first-order valence-electron chi connectivity index (χ1n) is 4.47. The molecule has 0 N–H and O–H groups in total. The molecule has 0 atom stereocenters. The molecule has 0 unspecified atom stereocenters. The molecular formula is C11H14BrFS. The minimum atomic E-state index is -0.183. The molecule has 0 heterocycles. The van der Waals surface area contributed by atoms with Crippen molar-refractivity contribution in [3.63, 3.8) is 0 Å². The second-order valence-electron chi connectivity index (χ2n) is 4.11. The second-order valence-corrected chi connectivity index (χ2v) is 6.71. The van der Waals surface area contributed by atoms with Crippen LogP contribution in [0.4, 0.5) is 4.39 Å². The first kappa shape index (κ1) is 12.1. The standard InChI is InChI=1S/C11H14BrFS/c1-11(2,3)14-7-8-5-4-6-9(13)10(8)12/h4-6H,7H2,1-3H3. The molecular weight excluding hydrogens is 263 g/mol. The summed E-state index contributed by atoms with van der Waals surface area (Å²) in [7, 11) is 0. The summed E-state index contributed by atoms with van der Waals surface area (Å²) >= 11 is 5.07. The summed E-state index contributed by atoms with van der Waals surface area (Å²) in [5.74, 6) is 0.652. The minimum absolute atomic E-state index is 0.183. The van der Waals surface area contributed by atoms with E-state index in [1.807, 2.05) is 17.8 Å². The van der Waals surface area contributed by atoms with E-state index in [2.05, 4.69) is 36.7 Å². The van der Waals surface area contributed by atoms with Gasteiger partial charge in [-0.2, -0.15) is 11.8 Å². The van der Waals surface area contributed by atoms with Crippen LogP contribution in [0.15, 0.2) is 22.7 Å². The predicted octanol–water partition coefficient (Wildman–Crippen LogP) is 4.62. The highest BCUT2D eigenvalue weighted by molar-refractivity contribution is 9.10. The summed E-state index contributed by atoms with van der Waals surface area (Å²) in [5, 5.41) is 0. The fourth-order valence-electron chi connectivity index (χ4n) is 0.954. The summed E-state index contributed by atoms with van der Waals surface area (Å²) in [6, 6.07) is 5.17. The fourth-order valence-corrected chi connectivity index (χ4v) is 2.37. The Morgan fingerprint density at radius 2 is 2.00 bits per heavy atom. The van der Waals surface area contributed by atoms with Crippen LogP contribution < -0.4 is 0 Å². The SMILES string of the molecule is CC(C)(C)SCc1cccc(F)c1Br. The number of hydrogen-bond acceptors (Lipinski definition) is 1. The largest absolute Gasteiger partial charge is 0.206 e. The zero-order valence-electron chi connectivity index (χ0n) is 8.60. The van der Waals surface area contributed by atoms with Gasteiger partial charge < -0.3 is 0 Å². The topological polar surface area (TPSA) is 0 Å². The maximum atomic E-state index is 13.1. The molecule has 0 saturated carbocycles. The van der Waals surface area contributed by atoms with Crippen LogP contribution in [0.5, 0.6) is 0 Å². The van der Waals surface area contributed by atoms with Gasteiger partial charge in [-0.3, -0.25) is 0 Å². The second kappa shape index (κ2) is 4.67. The molecule has 0 fully saturated rings. The first-order chi connectivity index (χ1) is 6.40. The number of halogens is 2. The zero-order chi connectivity index (χ0) is 10.8. The molecule has 0 radical (unpaired) electrons. The highest BCUT2D eigenvalue weighted by atomic mass is 79.9. The Hall–Kier alpha value is -0.0200. The van der Waals surface area contributed by atoms with E-state index in [0.717, 1.165) is 11.3 Å². The van der Waals surface area contributed by atoms with Crippen LogP contribution in [0.3, 0.4) is 0 Å².